The zero-order valence-corrected chi connectivity index (χ0v) is 7.16. The highest BCUT2D eigenvalue weighted by Gasteiger charge is 2.07. The van der Waals surface area contributed by atoms with Crippen LogP contribution in [0.15, 0.2) is 16.9 Å². The Morgan fingerprint density at radius 1 is 1.62 bits per heavy atom. The smallest absolute Gasteiger partial charge is 0.354 e. The fraction of sp³-hybridized carbons (Fsp3) is 0.250. The van der Waals surface area contributed by atoms with Gasteiger partial charge in [-0.1, -0.05) is 0 Å². The van der Waals surface area contributed by atoms with Crippen LogP contribution in [0.5, 0.6) is 0 Å². The van der Waals surface area contributed by atoms with Crippen LogP contribution in [0.1, 0.15) is 17.4 Å². The van der Waals surface area contributed by atoms with Crippen LogP contribution >= 0.6 is 0 Å². The molecular formula is C8H10N2O3. The van der Waals surface area contributed by atoms with Crippen LogP contribution in [0.25, 0.3) is 0 Å². The molecule has 1 rings (SSSR count). The number of carbonyl (C=O) groups is 1. The Kier molecular flexibility index (Phi) is 2.69. The third-order valence-corrected chi connectivity index (χ3v) is 1.36. The zero-order valence-electron chi connectivity index (χ0n) is 7.16. The lowest BCUT2D eigenvalue weighted by Crippen LogP contribution is -2.13. The molecule has 13 heavy (non-hydrogen) atoms. The van der Waals surface area contributed by atoms with E-state index in [1.54, 1.807) is 6.92 Å². The highest BCUT2D eigenvalue weighted by atomic mass is 16.5. The fourth-order valence-electron chi connectivity index (χ4n) is 0.884. The second-order valence-electron chi connectivity index (χ2n) is 2.41. The molecule has 70 valence electrons. The maximum absolute atomic E-state index is 11.1. The number of aromatic amines is 1. The van der Waals surface area contributed by atoms with Gasteiger partial charge in [-0.2, -0.15) is 0 Å². The normalized spacial score (nSPS) is 9.62. The number of anilines is 1. The largest absolute Gasteiger partial charge is 0.461 e. The zero-order chi connectivity index (χ0) is 9.84. The van der Waals surface area contributed by atoms with E-state index < -0.39 is 5.97 Å². The van der Waals surface area contributed by atoms with Crippen molar-refractivity contribution in [2.24, 2.45) is 0 Å². The highest BCUT2D eigenvalue weighted by molar-refractivity contribution is 5.87. The van der Waals surface area contributed by atoms with Gasteiger partial charge in [-0.25, -0.2) is 4.79 Å². The van der Waals surface area contributed by atoms with Crippen molar-refractivity contribution in [2.45, 2.75) is 6.92 Å². The number of nitrogens with two attached hydrogens (primary N) is 1. The van der Waals surface area contributed by atoms with Crippen molar-refractivity contribution in [1.82, 2.24) is 4.98 Å². The summed E-state index contributed by atoms with van der Waals surface area (Å²) in [6.07, 6.45) is 0. The van der Waals surface area contributed by atoms with E-state index in [9.17, 15) is 9.59 Å². The molecule has 0 atom stereocenters. The minimum Gasteiger partial charge on any atom is -0.461 e. The standard InChI is InChI=1S/C8H10N2O3/c1-2-13-8(12)6-3-5(11)4-7(9)10-6/h3-4H,2H2,1H3,(H3,9,10,11). The van der Waals surface area contributed by atoms with E-state index in [1.807, 2.05) is 0 Å². The Balaban J connectivity index is 3.01. The molecule has 0 fully saturated rings. The number of hydrogen-bond acceptors (Lipinski definition) is 4. The minimum atomic E-state index is -0.577. The summed E-state index contributed by atoms with van der Waals surface area (Å²) >= 11 is 0. The number of rotatable bonds is 2. The monoisotopic (exact) mass is 182 g/mol. The first kappa shape index (κ1) is 9.31. The second kappa shape index (κ2) is 3.75. The lowest BCUT2D eigenvalue weighted by Gasteiger charge is -2.01. The van der Waals surface area contributed by atoms with Crippen molar-refractivity contribution in [3.63, 3.8) is 0 Å². The molecule has 0 aliphatic carbocycles. The first-order chi connectivity index (χ1) is 6.13. The van der Waals surface area contributed by atoms with E-state index in [0.29, 0.717) is 0 Å². The lowest BCUT2D eigenvalue weighted by atomic mass is 10.3. The molecule has 3 N–H and O–H groups in total. The molecule has 0 spiro atoms. The van der Waals surface area contributed by atoms with Crippen molar-refractivity contribution in [2.75, 3.05) is 12.3 Å². The van der Waals surface area contributed by atoms with E-state index in [4.69, 9.17) is 5.73 Å². The van der Waals surface area contributed by atoms with Crippen molar-refractivity contribution >= 4 is 11.8 Å². The van der Waals surface area contributed by atoms with Crippen LogP contribution in [0.4, 0.5) is 5.82 Å². The molecule has 0 radical (unpaired) electrons. The van der Waals surface area contributed by atoms with Gasteiger partial charge in [-0.05, 0) is 6.92 Å². The summed E-state index contributed by atoms with van der Waals surface area (Å²) in [5.41, 5.74) is 5.09. The van der Waals surface area contributed by atoms with Crippen molar-refractivity contribution < 1.29 is 9.53 Å². The van der Waals surface area contributed by atoms with E-state index in [-0.39, 0.29) is 23.5 Å². The molecule has 0 aromatic carbocycles. The average Bonchev–Trinajstić information content (AvgIpc) is 2.03. The van der Waals surface area contributed by atoms with Gasteiger partial charge in [0.25, 0.3) is 0 Å². The molecule has 5 nitrogen and oxygen atoms in total. The Labute approximate surface area is 74.5 Å². The summed E-state index contributed by atoms with van der Waals surface area (Å²) < 4.78 is 4.67. The number of esters is 1. The number of H-pyrrole nitrogens is 1. The van der Waals surface area contributed by atoms with Crippen molar-refractivity contribution in [3.05, 3.63) is 28.0 Å². The summed E-state index contributed by atoms with van der Waals surface area (Å²) in [7, 11) is 0. The molecule has 0 bridgehead atoms. The predicted octanol–water partition coefficient (Wildman–Crippen LogP) is 0.134. The van der Waals surface area contributed by atoms with Gasteiger partial charge < -0.3 is 15.5 Å². The lowest BCUT2D eigenvalue weighted by molar-refractivity contribution is 0.0519. The molecule has 0 aliphatic rings. The minimum absolute atomic E-state index is 0.0758. The molecule has 0 unspecified atom stereocenters. The number of nitrogen functional groups attached to an aromatic ring is 1. The molecule has 0 saturated carbocycles. The first-order valence-electron chi connectivity index (χ1n) is 3.80. The number of hydrogen-bond donors (Lipinski definition) is 2. The first-order valence-corrected chi connectivity index (χ1v) is 3.80. The van der Waals surface area contributed by atoms with Crippen LogP contribution in [-0.2, 0) is 4.74 Å². The Bertz CT molecular complexity index is 370. The van der Waals surface area contributed by atoms with Gasteiger partial charge in [0.05, 0.1) is 6.61 Å². The van der Waals surface area contributed by atoms with Gasteiger partial charge in [0, 0.05) is 12.1 Å². The summed E-state index contributed by atoms with van der Waals surface area (Å²) in [6, 6.07) is 2.34. The van der Waals surface area contributed by atoms with Gasteiger partial charge in [0.15, 0.2) is 5.43 Å². The molecule has 5 heteroatoms. The van der Waals surface area contributed by atoms with E-state index in [2.05, 4.69) is 9.72 Å². The summed E-state index contributed by atoms with van der Waals surface area (Å²) in [5, 5.41) is 0. The fourth-order valence-corrected chi connectivity index (χ4v) is 0.884. The molecule has 1 aromatic heterocycles. The van der Waals surface area contributed by atoms with E-state index in [1.165, 1.54) is 6.07 Å². The van der Waals surface area contributed by atoms with Gasteiger partial charge >= 0.3 is 5.97 Å². The third-order valence-electron chi connectivity index (χ3n) is 1.36. The maximum atomic E-state index is 11.1. The Morgan fingerprint density at radius 3 is 2.85 bits per heavy atom. The number of aromatic nitrogens is 1. The maximum Gasteiger partial charge on any atom is 0.354 e. The predicted molar refractivity (Wildman–Crippen MR) is 47.4 cm³/mol. The van der Waals surface area contributed by atoms with E-state index >= 15 is 0 Å². The van der Waals surface area contributed by atoms with Crippen LogP contribution in [-0.4, -0.2) is 17.6 Å². The summed E-state index contributed by atoms with van der Waals surface area (Å²) in [6.45, 7) is 1.94. The quantitative estimate of drug-likeness (QED) is 0.637. The summed E-state index contributed by atoms with van der Waals surface area (Å²) in [4.78, 5) is 24.5. The number of nitrogens with one attached hydrogen (secondary N) is 1. The molecule has 1 aromatic rings. The molecule has 0 aliphatic heterocycles. The van der Waals surface area contributed by atoms with Crippen LogP contribution in [0.2, 0.25) is 0 Å². The van der Waals surface area contributed by atoms with Crippen molar-refractivity contribution in [3.8, 4) is 0 Å². The summed E-state index contributed by atoms with van der Waals surface area (Å²) in [5.74, 6) is -0.428. The van der Waals surface area contributed by atoms with Crippen LogP contribution in [0, 0.1) is 0 Å². The van der Waals surface area contributed by atoms with Crippen LogP contribution < -0.4 is 11.2 Å². The Morgan fingerprint density at radius 2 is 2.31 bits per heavy atom. The van der Waals surface area contributed by atoms with Gasteiger partial charge in [-0.15, -0.1) is 0 Å². The Hall–Kier alpha value is -1.78. The van der Waals surface area contributed by atoms with Gasteiger partial charge in [0.2, 0.25) is 0 Å². The number of carbonyl (C=O) groups excluding carboxylic acids is 1. The average molecular weight is 182 g/mol. The molecule has 0 saturated heterocycles. The third kappa shape index (κ3) is 2.33. The SMILES string of the molecule is CCOC(=O)c1cc(=O)cc(N)[nH]1. The van der Waals surface area contributed by atoms with Gasteiger partial charge in [0.1, 0.15) is 11.5 Å². The van der Waals surface area contributed by atoms with E-state index in [0.717, 1.165) is 6.07 Å². The molecule has 0 amide bonds. The number of pyridine rings is 1. The number of ether oxygens (including phenoxy) is 1. The topological polar surface area (TPSA) is 85.2 Å². The molecular weight excluding hydrogens is 172 g/mol. The second-order valence-corrected chi connectivity index (χ2v) is 2.41. The van der Waals surface area contributed by atoms with Crippen LogP contribution in [0.3, 0.4) is 0 Å². The van der Waals surface area contributed by atoms with Crippen molar-refractivity contribution in [1.29, 1.82) is 0 Å². The molecule has 1 heterocycles. The highest BCUT2D eigenvalue weighted by Crippen LogP contribution is 1.98. The van der Waals surface area contributed by atoms with Gasteiger partial charge in [-0.3, -0.25) is 4.79 Å².